The molecule has 2 heterocycles. The van der Waals surface area contributed by atoms with Gasteiger partial charge in [-0.1, -0.05) is 6.92 Å². The van der Waals surface area contributed by atoms with Crippen LogP contribution in [0.1, 0.15) is 32.6 Å². The Morgan fingerprint density at radius 1 is 1.35 bits per heavy atom. The van der Waals surface area contributed by atoms with Crippen molar-refractivity contribution in [2.24, 2.45) is 5.92 Å². The molecule has 2 saturated heterocycles. The summed E-state index contributed by atoms with van der Waals surface area (Å²) in [6.45, 7) is 3.77. The number of carbonyl (C=O) groups excluding carboxylic acids is 2. The highest BCUT2D eigenvalue weighted by Gasteiger charge is 2.29. The van der Waals surface area contributed by atoms with Crippen molar-refractivity contribution >= 4 is 11.8 Å². The molecule has 17 heavy (non-hydrogen) atoms. The van der Waals surface area contributed by atoms with Gasteiger partial charge in [-0.2, -0.15) is 0 Å². The first-order valence-corrected chi connectivity index (χ1v) is 6.48. The molecule has 2 fully saturated rings. The van der Waals surface area contributed by atoms with Crippen LogP contribution >= 0.6 is 0 Å². The molecule has 2 rings (SSSR count). The molecule has 0 aromatic heterocycles. The van der Waals surface area contributed by atoms with Crippen LogP contribution in [0.15, 0.2) is 0 Å². The summed E-state index contributed by atoms with van der Waals surface area (Å²) in [5.74, 6) is 0.499. The molecule has 96 valence electrons. The van der Waals surface area contributed by atoms with Crippen LogP contribution < -0.4 is 16.0 Å². The van der Waals surface area contributed by atoms with Gasteiger partial charge in [0, 0.05) is 6.54 Å². The molecule has 5 nitrogen and oxygen atoms in total. The van der Waals surface area contributed by atoms with Gasteiger partial charge in [-0.3, -0.25) is 9.59 Å². The van der Waals surface area contributed by atoms with Crippen molar-refractivity contribution < 1.29 is 9.59 Å². The third-order valence-electron chi connectivity index (χ3n) is 3.58. The van der Waals surface area contributed by atoms with E-state index in [-0.39, 0.29) is 23.9 Å². The minimum Gasteiger partial charge on any atom is -0.354 e. The van der Waals surface area contributed by atoms with E-state index in [0.717, 1.165) is 38.8 Å². The molecule has 0 aromatic carbocycles. The zero-order chi connectivity index (χ0) is 12.3. The second-order valence-corrected chi connectivity index (χ2v) is 5.13. The maximum Gasteiger partial charge on any atom is 0.242 e. The van der Waals surface area contributed by atoms with Crippen LogP contribution in [-0.2, 0) is 9.59 Å². The van der Waals surface area contributed by atoms with Crippen LogP contribution in [0.25, 0.3) is 0 Å². The fourth-order valence-corrected chi connectivity index (χ4v) is 2.49. The molecule has 0 bridgehead atoms. The zero-order valence-electron chi connectivity index (χ0n) is 10.3. The summed E-state index contributed by atoms with van der Waals surface area (Å²) < 4.78 is 0. The van der Waals surface area contributed by atoms with Crippen LogP contribution in [0.2, 0.25) is 0 Å². The lowest BCUT2D eigenvalue weighted by atomic mass is 9.93. The van der Waals surface area contributed by atoms with Crippen LogP contribution in [0.5, 0.6) is 0 Å². The second kappa shape index (κ2) is 5.49. The van der Waals surface area contributed by atoms with Crippen molar-refractivity contribution in [2.75, 3.05) is 13.1 Å². The second-order valence-electron chi connectivity index (χ2n) is 5.13. The summed E-state index contributed by atoms with van der Waals surface area (Å²) in [5, 5.41) is 8.83. The molecular formula is C12H21N3O2. The molecule has 3 unspecified atom stereocenters. The lowest BCUT2D eigenvalue weighted by Gasteiger charge is -2.30. The Kier molecular flexibility index (Phi) is 3.99. The monoisotopic (exact) mass is 239 g/mol. The summed E-state index contributed by atoms with van der Waals surface area (Å²) in [7, 11) is 0. The van der Waals surface area contributed by atoms with E-state index in [9.17, 15) is 9.59 Å². The lowest BCUT2D eigenvalue weighted by Crippen LogP contribution is -2.56. The summed E-state index contributed by atoms with van der Waals surface area (Å²) in [6, 6.07) is -0.469. The summed E-state index contributed by atoms with van der Waals surface area (Å²) in [4.78, 5) is 23.5. The predicted molar refractivity (Wildman–Crippen MR) is 64.4 cm³/mol. The summed E-state index contributed by atoms with van der Waals surface area (Å²) >= 11 is 0. The molecular weight excluding hydrogens is 218 g/mol. The van der Waals surface area contributed by atoms with Gasteiger partial charge in [0.1, 0.15) is 6.04 Å². The van der Waals surface area contributed by atoms with Gasteiger partial charge in [0.25, 0.3) is 0 Å². The molecule has 0 spiro atoms. The number of piperidine rings is 2. The molecule has 2 amide bonds. The van der Waals surface area contributed by atoms with Crippen LogP contribution in [-0.4, -0.2) is 37.0 Å². The molecule has 0 saturated carbocycles. The maximum absolute atomic E-state index is 12.0. The van der Waals surface area contributed by atoms with E-state index in [0.29, 0.717) is 5.92 Å². The Labute approximate surface area is 102 Å². The van der Waals surface area contributed by atoms with Crippen molar-refractivity contribution in [1.29, 1.82) is 0 Å². The average Bonchev–Trinajstić information content (AvgIpc) is 2.32. The van der Waals surface area contributed by atoms with Crippen molar-refractivity contribution in [1.82, 2.24) is 16.0 Å². The Bertz CT molecular complexity index is 306. The first-order chi connectivity index (χ1) is 8.16. The maximum atomic E-state index is 12.0. The Morgan fingerprint density at radius 2 is 2.18 bits per heavy atom. The topological polar surface area (TPSA) is 70.2 Å². The highest BCUT2D eigenvalue weighted by molar-refractivity contribution is 5.90. The predicted octanol–water partition coefficient (Wildman–Crippen LogP) is -0.231. The molecule has 5 heteroatoms. The Morgan fingerprint density at radius 3 is 2.88 bits per heavy atom. The molecule has 3 atom stereocenters. The van der Waals surface area contributed by atoms with E-state index in [1.54, 1.807) is 0 Å². The third kappa shape index (κ3) is 3.19. The standard InChI is InChI=1S/C12H21N3O2/c1-8-4-6-13-10(7-8)12(17)15-9-3-2-5-14-11(9)16/h8-10,13H,2-7H2,1H3,(H,14,16)(H,15,17). The average molecular weight is 239 g/mol. The zero-order valence-corrected chi connectivity index (χ0v) is 10.3. The van der Waals surface area contributed by atoms with Gasteiger partial charge in [-0.25, -0.2) is 0 Å². The van der Waals surface area contributed by atoms with Gasteiger partial charge in [0.15, 0.2) is 0 Å². The molecule has 0 radical (unpaired) electrons. The van der Waals surface area contributed by atoms with Crippen molar-refractivity contribution in [2.45, 2.75) is 44.7 Å². The molecule has 3 N–H and O–H groups in total. The SMILES string of the molecule is CC1CCNC(C(=O)NC2CCCNC2=O)C1. The quantitative estimate of drug-likeness (QED) is 0.623. The van der Waals surface area contributed by atoms with E-state index in [2.05, 4.69) is 22.9 Å². The minimum atomic E-state index is -0.338. The van der Waals surface area contributed by atoms with Crippen molar-refractivity contribution in [3.8, 4) is 0 Å². The number of rotatable bonds is 2. The van der Waals surface area contributed by atoms with Crippen LogP contribution in [0, 0.1) is 5.92 Å². The summed E-state index contributed by atoms with van der Waals surface area (Å²) in [5.41, 5.74) is 0. The minimum absolute atomic E-state index is 0.0291. The van der Waals surface area contributed by atoms with Gasteiger partial charge in [0.2, 0.25) is 11.8 Å². The van der Waals surface area contributed by atoms with Gasteiger partial charge in [-0.15, -0.1) is 0 Å². The smallest absolute Gasteiger partial charge is 0.242 e. The fourth-order valence-electron chi connectivity index (χ4n) is 2.49. The number of amides is 2. The first kappa shape index (κ1) is 12.4. The Hall–Kier alpha value is -1.10. The Balaban J connectivity index is 1.85. The molecule has 0 aromatic rings. The van der Waals surface area contributed by atoms with Gasteiger partial charge < -0.3 is 16.0 Å². The van der Waals surface area contributed by atoms with Crippen LogP contribution in [0.3, 0.4) is 0 Å². The third-order valence-corrected chi connectivity index (χ3v) is 3.58. The van der Waals surface area contributed by atoms with Crippen LogP contribution in [0.4, 0.5) is 0 Å². The highest BCUT2D eigenvalue weighted by Crippen LogP contribution is 2.15. The van der Waals surface area contributed by atoms with E-state index >= 15 is 0 Å². The van der Waals surface area contributed by atoms with Crippen molar-refractivity contribution in [3.63, 3.8) is 0 Å². The number of nitrogens with one attached hydrogen (secondary N) is 3. The number of hydrogen-bond donors (Lipinski definition) is 3. The molecule has 0 aliphatic carbocycles. The van der Waals surface area contributed by atoms with E-state index in [4.69, 9.17) is 0 Å². The summed E-state index contributed by atoms with van der Waals surface area (Å²) in [6.07, 6.45) is 3.67. The van der Waals surface area contributed by atoms with E-state index in [1.807, 2.05) is 0 Å². The number of carbonyl (C=O) groups is 2. The van der Waals surface area contributed by atoms with Gasteiger partial charge in [-0.05, 0) is 38.1 Å². The van der Waals surface area contributed by atoms with Gasteiger partial charge >= 0.3 is 0 Å². The highest BCUT2D eigenvalue weighted by atomic mass is 16.2. The molecule has 2 aliphatic heterocycles. The lowest BCUT2D eigenvalue weighted by molar-refractivity contribution is -0.131. The number of hydrogen-bond acceptors (Lipinski definition) is 3. The largest absolute Gasteiger partial charge is 0.354 e. The first-order valence-electron chi connectivity index (χ1n) is 6.48. The van der Waals surface area contributed by atoms with Crippen molar-refractivity contribution in [3.05, 3.63) is 0 Å². The van der Waals surface area contributed by atoms with Gasteiger partial charge in [0.05, 0.1) is 6.04 Å². The normalized spacial score (nSPS) is 33.9. The van der Waals surface area contributed by atoms with E-state index in [1.165, 1.54) is 0 Å². The molecule has 2 aliphatic rings. The van der Waals surface area contributed by atoms with E-state index < -0.39 is 0 Å². The fraction of sp³-hybridized carbons (Fsp3) is 0.833.